The van der Waals surface area contributed by atoms with Crippen molar-refractivity contribution in [2.24, 2.45) is 0 Å². The van der Waals surface area contributed by atoms with Crippen molar-refractivity contribution < 1.29 is 8.42 Å². The second kappa shape index (κ2) is 4.93. The molecule has 1 aromatic heterocycles. The molecule has 0 saturated heterocycles. The molecule has 1 heterocycles. The fourth-order valence-corrected chi connectivity index (χ4v) is 2.65. The largest absolute Gasteiger partial charge is 0.300 e. The van der Waals surface area contributed by atoms with E-state index in [4.69, 9.17) is 23.2 Å². The van der Waals surface area contributed by atoms with Crippen LogP contribution in [-0.4, -0.2) is 23.9 Å². The first kappa shape index (κ1) is 14.4. The van der Waals surface area contributed by atoms with Crippen LogP contribution in [0.2, 0.25) is 10.4 Å². The predicted octanol–water partition coefficient (Wildman–Crippen LogP) is 1.83. The number of aromatic nitrogens is 2. The van der Waals surface area contributed by atoms with Crippen LogP contribution in [0, 0.1) is 0 Å². The maximum atomic E-state index is 11.7. The van der Waals surface area contributed by atoms with Crippen LogP contribution in [-0.2, 0) is 10.2 Å². The number of hydrogen-bond acceptors (Lipinski definition) is 4. The molecule has 17 heavy (non-hydrogen) atoms. The number of rotatable bonds is 3. The summed E-state index contributed by atoms with van der Waals surface area (Å²) in [6.07, 6.45) is 0. The van der Waals surface area contributed by atoms with Gasteiger partial charge in [-0.2, -0.15) is 18.1 Å². The smallest absolute Gasteiger partial charge is 0.254 e. The van der Waals surface area contributed by atoms with Crippen LogP contribution in [0.4, 0.5) is 5.82 Å². The first-order chi connectivity index (χ1) is 7.57. The van der Waals surface area contributed by atoms with Crippen molar-refractivity contribution in [3.05, 3.63) is 16.5 Å². The zero-order chi connectivity index (χ0) is 13.3. The van der Waals surface area contributed by atoms with Gasteiger partial charge in [-0.3, -0.25) is 4.72 Å². The van der Waals surface area contributed by atoms with Gasteiger partial charge in [-0.1, -0.05) is 11.6 Å². The molecule has 0 fully saturated rings. The third-order valence-electron chi connectivity index (χ3n) is 1.35. The zero-order valence-corrected chi connectivity index (χ0v) is 11.8. The van der Waals surface area contributed by atoms with E-state index in [9.17, 15) is 8.42 Å². The summed E-state index contributed by atoms with van der Waals surface area (Å²) in [5.74, 6) is 0.00625. The molecule has 1 rings (SSSR count). The lowest BCUT2D eigenvalue weighted by molar-refractivity contribution is 0.494. The number of halogens is 2. The quantitative estimate of drug-likeness (QED) is 0.659. The minimum absolute atomic E-state index is 0.00625. The summed E-state index contributed by atoms with van der Waals surface area (Å²) in [6.45, 7) is 5.14. The van der Waals surface area contributed by atoms with E-state index in [-0.39, 0.29) is 16.3 Å². The lowest BCUT2D eigenvalue weighted by Gasteiger charge is -2.20. The molecule has 0 unspecified atom stereocenters. The molecule has 6 nitrogen and oxygen atoms in total. The molecule has 0 radical (unpaired) electrons. The Bertz CT molecular complexity index is 492. The van der Waals surface area contributed by atoms with Crippen molar-refractivity contribution in [2.45, 2.75) is 26.3 Å². The Morgan fingerprint density at radius 1 is 1.24 bits per heavy atom. The molecule has 0 atom stereocenters. The van der Waals surface area contributed by atoms with Gasteiger partial charge in [0.2, 0.25) is 5.28 Å². The molecule has 0 spiro atoms. The Balaban J connectivity index is 2.91. The summed E-state index contributed by atoms with van der Waals surface area (Å²) in [5.41, 5.74) is -0.605. The van der Waals surface area contributed by atoms with Crippen LogP contribution >= 0.6 is 23.2 Å². The van der Waals surface area contributed by atoms with Crippen molar-refractivity contribution in [1.29, 1.82) is 0 Å². The van der Waals surface area contributed by atoms with Gasteiger partial charge in [0.1, 0.15) is 11.0 Å². The summed E-state index contributed by atoms with van der Waals surface area (Å²) < 4.78 is 27.9. The molecular weight excluding hydrogens is 287 g/mol. The van der Waals surface area contributed by atoms with Gasteiger partial charge in [-0.15, -0.1) is 0 Å². The van der Waals surface area contributed by atoms with Crippen molar-refractivity contribution >= 4 is 39.2 Å². The first-order valence-corrected chi connectivity index (χ1v) is 6.83. The van der Waals surface area contributed by atoms with Crippen LogP contribution in [0.3, 0.4) is 0 Å². The Labute approximate surface area is 110 Å². The van der Waals surface area contributed by atoms with Gasteiger partial charge < -0.3 is 0 Å². The average Bonchev–Trinajstić information content (AvgIpc) is 1.93. The van der Waals surface area contributed by atoms with E-state index in [0.717, 1.165) is 0 Å². The molecule has 0 saturated carbocycles. The highest BCUT2D eigenvalue weighted by atomic mass is 35.5. The third kappa shape index (κ3) is 5.49. The van der Waals surface area contributed by atoms with E-state index in [1.807, 2.05) is 0 Å². The van der Waals surface area contributed by atoms with Crippen LogP contribution in [0.25, 0.3) is 0 Å². The Hall–Kier alpha value is -0.630. The van der Waals surface area contributed by atoms with E-state index in [0.29, 0.717) is 0 Å². The second-order valence-electron chi connectivity index (χ2n) is 4.30. The molecular formula is C8H12Cl2N4O2S. The number of nitrogens with zero attached hydrogens (tertiary/aromatic N) is 2. The maximum absolute atomic E-state index is 11.7. The van der Waals surface area contributed by atoms with E-state index in [2.05, 4.69) is 19.4 Å². The third-order valence-corrected chi connectivity index (χ3v) is 3.07. The zero-order valence-electron chi connectivity index (χ0n) is 9.45. The van der Waals surface area contributed by atoms with Gasteiger partial charge in [0.15, 0.2) is 0 Å². The fourth-order valence-electron chi connectivity index (χ4n) is 1.01. The lowest BCUT2D eigenvalue weighted by Crippen LogP contribution is -2.43. The molecule has 0 amide bonds. The summed E-state index contributed by atoms with van der Waals surface area (Å²) in [5, 5.41) is -0.0792. The highest BCUT2D eigenvalue weighted by Crippen LogP contribution is 2.15. The van der Waals surface area contributed by atoms with E-state index < -0.39 is 15.7 Å². The summed E-state index contributed by atoms with van der Waals surface area (Å²) >= 11 is 11.2. The van der Waals surface area contributed by atoms with Crippen LogP contribution < -0.4 is 9.44 Å². The highest BCUT2D eigenvalue weighted by molar-refractivity contribution is 7.90. The lowest BCUT2D eigenvalue weighted by atomic mass is 10.1. The van der Waals surface area contributed by atoms with Crippen LogP contribution in [0.1, 0.15) is 20.8 Å². The minimum atomic E-state index is -3.73. The Morgan fingerprint density at radius 2 is 1.82 bits per heavy atom. The van der Waals surface area contributed by atoms with E-state index >= 15 is 0 Å². The monoisotopic (exact) mass is 298 g/mol. The molecule has 2 N–H and O–H groups in total. The van der Waals surface area contributed by atoms with E-state index in [1.165, 1.54) is 6.07 Å². The molecule has 0 bridgehead atoms. The number of anilines is 1. The van der Waals surface area contributed by atoms with Crippen molar-refractivity contribution in [3.8, 4) is 0 Å². The van der Waals surface area contributed by atoms with Crippen LogP contribution in [0.5, 0.6) is 0 Å². The molecule has 0 aromatic carbocycles. The predicted molar refractivity (Wildman–Crippen MR) is 67.5 cm³/mol. The van der Waals surface area contributed by atoms with Gasteiger partial charge in [0.25, 0.3) is 0 Å². The molecule has 0 aliphatic carbocycles. The number of hydrogen-bond donors (Lipinski definition) is 2. The van der Waals surface area contributed by atoms with Gasteiger partial charge in [0.05, 0.1) is 0 Å². The topological polar surface area (TPSA) is 84.0 Å². The van der Waals surface area contributed by atoms with Crippen molar-refractivity contribution in [3.63, 3.8) is 0 Å². The van der Waals surface area contributed by atoms with Crippen LogP contribution in [0.15, 0.2) is 6.07 Å². The van der Waals surface area contributed by atoms with Crippen molar-refractivity contribution in [2.75, 3.05) is 4.72 Å². The first-order valence-electron chi connectivity index (χ1n) is 4.59. The maximum Gasteiger partial charge on any atom is 0.300 e. The second-order valence-corrected chi connectivity index (χ2v) is 6.44. The molecule has 1 aromatic rings. The Kier molecular flexibility index (Phi) is 4.19. The standard InChI is InChI=1S/C8H12Cl2N4O2S/c1-8(2,3)14-17(15,16)13-6-4-5(9)11-7(10)12-6/h4,14H,1-3H3,(H,11,12,13). The summed E-state index contributed by atoms with van der Waals surface area (Å²) in [4.78, 5) is 7.29. The molecule has 0 aliphatic heterocycles. The summed E-state index contributed by atoms with van der Waals surface area (Å²) in [7, 11) is -3.73. The average molecular weight is 299 g/mol. The Morgan fingerprint density at radius 3 is 2.29 bits per heavy atom. The van der Waals surface area contributed by atoms with Gasteiger partial charge in [-0.25, -0.2) is 4.98 Å². The summed E-state index contributed by atoms with van der Waals surface area (Å²) in [6, 6.07) is 1.26. The van der Waals surface area contributed by atoms with Gasteiger partial charge in [-0.05, 0) is 32.4 Å². The fraction of sp³-hybridized carbons (Fsp3) is 0.500. The number of nitrogens with one attached hydrogen (secondary N) is 2. The normalized spacial score (nSPS) is 12.5. The molecule has 9 heteroatoms. The highest BCUT2D eigenvalue weighted by Gasteiger charge is 2.20. The van der Waals surface area contributed by atoms with E-state index in [1.54, 1.807) is 20.8 Å². The SMILES string of the molecule is CC(C)(C)NS(=O)(=O)Nc1cc(Cl)nc(Cl)n1. The van der Waals surface area contributed by atoms with Gasteiger partial charge >= 0.3 is 10.2 Å². The minimum Gasteiger partial charge on any atom is -0.254 e. The van der Waals surface area contributed by atoms with Gasteiger partial charge in [0, 0.05) is 11.6 Å². The van der Waals surface area contributed by atoms with Crippen molar-refractivity contribution in [1.82, 2.24) is 14.7 Å². The molecule has 96 valence electrons. The molecule has 0 aliphatic rings.